The number of thiophene rings is 1. The van der Waals surface area contributed by atoms with Gasteiger partial charge in [-0.15, -0.1) is 11.3 Å². The van der Waals surface area contributed by atoms with Crippen molar-refractivity contribution in [2.24, 2.45) is 0 Å². The molecule has 1 aliphatic rings. The molecule has 212 valence electrons. The average molecular weight is 581 g/mol. The first-order valence-electron chi connectivity index (χ1n) is 12.9. The Balaban J connectivity index is 0.000000431. The summed E-state index contributed by atoms with van der Waals surface area (Å²) in [7, 11) is 0. The molecule has 1 fully saturated rings. The molecule has 0 spiro atoms. The molecule has 0 radical (unpaired) electrons. The van der Waals surface area contributed by atoms with Crippen LogP contribution in [0.2, 0.25) is 0 Å². The number of carboxylic acids is 1. The molecule has 0 saturated carbocycles. The predicted octanol–water partition coefficient (Wildman–Crippen LogP) is 6.01. The molecule has 41 heavy (non-hydrogen) atoms. The van der Waals surface area contributed by atoms with Gasteiger partial charge in [0.2, 0.25) is 0 Å². The van der Waals surface area contributed by atoms with Crippen LogP contribution >= 0.6 is 11.3 Å². The summed E-state index contributed by atoms with van der Waals surface area (Å²) in [6, 6.07) is 19.6. The van der Waals surface area contributed by atoms with Gasteiger partial charge in [-0.1, -0.05) is 36.4 Å². The molecule has 0 unspecified atom stereocenters. The highest BCUT2D eigenvalue weighted by Crippen LogP contribution is 2.34. The Hall–Kier alpha value is -4.29. The van der Waals surface area contributed by atoms with E-state index in [1.807, 2.05) is 6.20 Å². The molecule has 5 aromatic rings. The number of hydrogen-bond acceptors (Lipinski definition) is 7. The summed E-state index contributed by atoms with van der Waals surface area (Å²) in [5.74, 6) is -0.843. The average Bonchev–Trinajstić information content (AvgIpc) is 3.63. The topological polar surface area (TPSA) is 98.2 Å². The number of H-pyrrole nitrogens is 1. The molecular formula is C29H27F3N6O2S. The van der Waals surface area contributed by atoms with Crippen LogP contribution in [0.15, 0.2) is 73.2 Å². The third kappa shape index (κ3) is 6.90. The maximum absolute atomic E-state index is 10.6. The molecular weight excluding hydrogens is 553 g/mol. The second-order valence-electron chi connectivity index (χ2n) is 9.55. The third-order valence-corrected chi connectivity index (χ3v) is 7.83. The zero-order valence-corrected chi connectivity index (χ0v) is 22.9. The third-order valence-electron chi connectivity index (χ3n) is 6.69. The summed E-state index contributed by atoms with van der Waals surface area (Å²) in [4.78, 5) is 33.1. The standard InChI is InChI=1S/C27H26N6S.C2HF3O2/c1-19-3-2-4-22-26(19)31-27(30-22)24-10-9-23(34-24)21-7-5-20(6-8-21)18-32-13-15-33(16-14-32)25-17-28-11-12-29-25;3-2(4,5)1(6)7/h2-12,17H,13-16,18H2,1H3,(H,30,31);(H,6,7). The monoisotopic (exact) mass is 580 g/mol. The lowest BCUT2D eigenvalue weighted by atomic mass is 10.1. The highest BCUT2D eigenvalue weighted by atomic mass is 32.1. The Morgan fingerprint density at radius 3 is 2.34 bits per heavy atom. The second-order valence-corrected chi connectivity index (χ2v) is 10.6. The van der Waals surface area contributed by atoms with Crippen LogP contribution in [0.1, 0.15) is 11.1 Å². The van der Waals surface area contributed by atoms with Crippen molar-refractivity contribution in [3.8, 4) is 21.1 Å². The van der Waals surface area contributed by atoms with E-state index in [4.69, 9.17) is 14.9 Å². The summed E-state index contributed by atoms with van der Waals surface area (Å²) < 4.78 is 31.7. The quantitative estimate of drug-likeness (QED) is 0.263. The van der Waals surface area contributed by atoms with Crippen molar-refractivity contribution >= 4 is 34.2 Å². The first-order valence-corrected chi connectivity index (χ1v) is 13.7. The van der Waals surface area contributed by atoms with Gasteiger partial charge in [0.25, 0.3) is 0 Å². The second kappa shape index (κ2) is 12.1. The SMILES string of the molecule is Cc1cccc2[nH]c(-c3ccc(-c4ccc(CN5CCN(c6cnccn6)CC5)cc4)s3)nc12.O=C(O)C(F)(F)F. The fourth-order valence-electron chi connectivity index (χ4n) is 4.53. The number of nitrogens with zero attached hydrogens (tertiary/aromatic N) is 5. The lowest BCUT2D eigenvalue weighted by Gasteiger charge is -2.35. The van der Waals surface area contributed by atoms with E-state index in [1.54, 1.807) is 23.7 Å². The first-order chi connectivity index (χ1) is 19.7. The molecule has 12 heteroatoms. The van der Waals surface area contributed by atoms with Crippen LogP contribution < -0.4 is 4.90 Å². The van der Waals surface area contributed by atoms with Crippen molar-refractivity contribution < 1.29 is 23.1 Å². The van der Waals surface area contributed by atoms with Gasteiger partial charge in [0.1, 0.15) is 11.6 Å². The number of piperazine rings is 1. The van der Waals surface area contributed by atoms with E-state index in [2.05, 4.69) is 86.3 Å². The van der Waals surface area contributed by atoms with Crippen molar-refractivity contribution in [3.05, 3.63) is 84.3 Å². The zero-order valence-electron chi connectivity index (χ0n) is 22.1. The molecule has 0 amide bonds. The van der Waals surface area contributed by atoms with Crippen molar-refractivity contribution in [1.82, 2.24) is 24.8 Å². The van der Waals surface area contributed by atoms with Crippen molar-refractivity contribution in [2.45, 2.75) is 19.6 Å². The number of hydrogen-bond donors (Lipinski definition) is 2. The van der Waals surface area contributed by atoms with Gasteiger partial charge < -0.3 is 15.0 Å². The summed E-state index contributed by atoms with van der Waals surface area (Å²) in [6.45, 7) is 7.11. The predicted molar refractivity (Wildman–Crippen MR) is 153 cm³/mol. The lowest BCUT2D eigenvalue weighted by molar-refractivity contribution is -0.192. The Morgan fingerprint density at radius 1 is 1.00 bits per heavy atom. The van der Waals surface area contributed by atoms with Gasteiger partial charge in [0.15, 0.2) is 0 Å². The number of aryl methyl sites for hydroxylation is 1. The molecule has 0 bridgehead atoms. The normalized spacial score (nSPS) is 14.1. The van der Waals surface area contributed by atoms with Gasteiger partial charge in [-0.05, 0) is 41.8 Å². The zero-order chi connectivity index (χ0) is 29.0. The van der Waals surface area contributed by atoms with Gasteiger partial charge in [0.05, 0.1) is 22.1 Å². The molecule has 0 atom stereocenters. The maximum atomic E-state index is 10.6. The van der Waals surface area contributed by atoms with E-state index in [0.717, 1.165) is 60.3 Å². The van der Waals surface area contributed by atoms with Crippen LogP contribution in [0.4, 0.5) is 19.0 Å². The molecule has 1 aliphatic heterocycles. The van der Waals surface area contributed by atoms with Gasteiger partial charge in [-0.3, -0.25) is 9.88 Å². The molecule has 0 aliphatic carbocycles. The highest BCUT2D eigenvalue weighted by Gasteiger charge is 2.38. The number of aromatic amines is 1. The minimum Gasteiger partial charge on any atom is -0.475 e. The van der Waals surface area contributed by atoms with Crippen LogP contribution in [0.3, 0.4) is 0 Å². The number of halogens is 3. The fraction of sp³-hybridized carbons (Fsp3) is 0.241. The Bertz CT molecular complexity index is 1610. The number of carbonyl (C=O) groups is 1. The molecule has 2 N–H and O–H groups in total. The number of para-hydroxylation sites is 1. The number of aliphatic carboxylic acids is 1. The number of benzene rings is 2. The Kier molecular flexibility index (Phi) is 8.31. The fourth-order valence-corrected chi connectivity index (χ4v) is 5.49. The van der Waals surface area contributed by atoms with Crippen molar-refractivity contribution in [1.29, 1.82) is 0 Å². The van der Waals surface area contributed by atoms with E-state index >= 15 is 0 Å². The van der Waals surface area contributed by atoms with Crippen LogP contribution in [0.25, 0.3) is 32.2 Å². The molecule has 6 rings (SSSR count). The van der Waals surface area contributed by atoms with E-state index in [9.17, 15) is 13.2 Å². The van der Waals surface area contributed by atoms with E-state index in [-0.39, 0.29) is 0 Å². The van der Waals surface area contributed by atoms with Gasteiger partial charge in [-0.25, -0.2) is 14.8 Å². The number of carboxylic acid groups (broad SMARTS) is 1. The van der Waals surface area contributed by atoms with Crippen LogP contribution in [0.5, 0.6) is 0 Å². The van der Waals surface area contributed by atoms with Crippen LogP contribution in [0, 0.1) is 6.92 Å². The molecule has 4 heterocycles. The van der Waals surface area contributed by atoms with Gasteiger partial charge >= 0.3 is 12.1 Å². The van der Waals surface area contributed by atoms with Crippen LogP contribution in [-0.4, -0.2) is 68.3 Å². The van der Waals surface area contributed by atoms with E-state index in [0.29, 0.717) is 0 Å². The number of fused-ring (bicyclic) bond motifs is 1. The minimum absolute atomic E-state index is 0.942. The lowest BCUT2D eigenvalue weighted by Crippen LogP contribution is -2.46. The largest absolute Gasteiger partial charge is 0.490 e. The Labute approximate surface area is 238 Å². The molecule has 1 saturated heterocycles. The van der Waals surface area contributed by atoms with Gasteiger partial charge in [-0.2, -0.15) is 13.2 Å². The van der Waals surface area contributed by atoms with Crippen molar-refractivity contribution in [2.75, 3.05) is 31.1 Å². The van der Waals surface area contributed by atoms with Gasteiger partial charge in [0, 0.05) is 50.0 Å². The van der Waals surface area contributed by atoms with Crippen molar-refractivity contribution in [3.63, 3.8) is 0 Å². The Morgan fingerprint density at radius 2 is 1.71 bits per heavy atom. The van der Waals surface area contributed by atoms with E-state index in [1.165, 1.54) is 21.6 Å². The number of anilines is 1. The highest BCUT2D eigenvalue weighted by molar-refractivity contribution is 7.18. The minimum atomic E-state index is -5.08. The summed E-state index contributed by atoms with van der Waals surface area (Å²) in [6.07, 6.45) is 0.247. The maximum Gasteiger partial charge on any atom is 0.490 e. The first kappa shape index (κ1) is 28.2. The smallest absolute Gasteiger partial charge is 0.475 e. The number of aromatic nitrogens is 4. The number of imidazole rings is 1. The van der Waals surface area contributed by atoms with Crippen LogP contribution in [-0.2, 0) is 11.3 Å². The summed E-state index contributed by atoms with van der Waals surface area (Å²) >= 11 is 1.78. The number of rotatable bonds is 5. The number of alkyl halides is 3. The molecule has 3 aromatic heterocycles. The molecule has 2 aromatic carbocycles. The number of nitrogens with one attached hydrogen (secondary N) is 1. The molecule has 8 nitrogen and oxygen atoms in total. The summed E-state index contributed by atoms with van der Waals surface area (Å²) in [5, 5.41) is 7.12. The summed E-state index contributed by atoms with van der Waals surface area (Å²) in [5.41, 5.74) is 5.93. The van der Waals surface area contributed by atoms with E-state index < -0.39 is 12.1 Å².